The Morgan fingerprint density at radius 1 is 0.758 bits per heavy atom. The van der Waals surface area contributed by atoms with Crippen molar-refractivity contribution in [3.63, 3.8) is 0 Å². The Bertz CT molecular complexity index is 1020. The van der Waals surface area contributed by atoms with Crippen LogP contribution in [0, 0.1) is 0 Å². The summed E-state index contributed by atoms with van der Waals surface area (Å²) < 4.78 is 0. The van der Waals surface area contributed by atoms with Crippen LogP contribution in [0.15, 0.2) is 96.6 Å². The summed E-state index contributed by atoms with van der Waals surface area (Å²) in [6.45, 7) is 10.2. The maximum Gasteiger partial charge on any atom is 0.00192 e. The summed E-state index contributed by atoms with van der Waals surface area (Å²) in [5.41, 5.74) is 8.61. The summed E-state index contributed by atoms with van der Waals surface area (Å²) >= 11 is 0. The summed E-state index contributed by atoms with van der Waals surface area (Å²) in [5.74, 6) is 0. The standard InChI is InChI=1S/C32H37N/c1-32(2,3)30-19-17-26(18-20-30)12-10-11-23-33-24-21-29(22-25-33)31(27-13-6-4-7-14-27)28-15-8-5-9-16-28/h4-10,12-20H,11,21-25H2,1-3H3/b12-10-. The minimum Gasteiger partial charge on any atom is -0.302 e. The second-order valence-corrected chi connectivity index (χ2v) is 10.1. The number of hydrogen-bond donors (Lipinski definition) is 0. The van der Waals surface area contributed by atoms with Crippen molar-refractivity contribution in [3.05, 3.63) is 119 Å². The molecule has 3 aromatic carbocycles. The number of rotatable bonds is 6. The lowest BCUT2D eigenvalue weighted by molar-refractivity contribution is 0.262. The Labute approximate surface area is 200 Å². The number of piperidine rings is 1. The molecule has 0 amide bonds. The molecule has 1 aliphatic rings. The van der Waals surface area contributed by atoms with Gasteiger partial charge in [0.1, 0.15) is 0 Å². The van der Waals surface area contributed by atoms with Gasteiger partial charge in [-0.25, -0.2) is 0 Å². The first-order valence-corrected chi connectivity index (χ1v) is 12.3. The van der Waals surface area contributed by atoms with Gasteiger partial charge in [0.15, 0.2) is 0 Å². The largest absolute Gasteiger partial charge is 0.302 e. The predicted molar refractivity (Wildman–Crippen MR) is 143 cm³/mol. The third-order valence-corrected chi connectivity index (χ3v) is 6.64. The molecule has 170 valence electrons. The fourth-order valence-corrected chi connectivity index (χ4v) is 4.65. The van der Waals surface area contributed by atoms with E-state index in [2.05, 4.69) is 123 Å². The van der Waals surface area contributed by atoms with Gasteiger partial charge in [-0.05, 0) is 52.5 Å². The highest BCUT2D eigenvalue weighted by Crippen LogP contribution is 2.32. The number of likely N-dealkylation sites (tertiary alicyclic amines) is 1. The van der Waals surface area contributed by atoms with Gasteiger partial charge in [-0.1, -0.05) is 123 Å². The predicted octanol–water partition coefficient (Wildman–Crippen LogP) is 7.99. The Morgan fingerprint density at radius 3 is 1.82 bits per heavy atom. The van der Waals surface area contributed by atoms with Crippen molar-refractivity contribution in [2.45, 2.75) is 45.4 Å². The van der Waals surface area contributed by atoms with Crippen molar-refractivity contribution in [3.8, 4) is 0 Å². The Morgan fingerprint density at radius 2 is 1.30 bits per heavy atom. The van der Waals surface area contributed by atoms with Gasteiger partial charge in [0.2, 0.25) is 0 Å². The van der Waals surface area contributed by atoms with E-state index in [0.717, 1.165) is 38.9 Å². The van der Waals surface area contributed by atoms with E-state index in [4.69, 9.17) is 0 Å². The summed E-state index contributed by atoms with van der Waals surface area (Å²) in [6, 6.07) is 30.8. The van der Waals surface area contributed by atoms with Gasteiger partial charge >= 0.3 is 0 Å². The van der Waals surface area contributed by atoms with Crippen LogP contribution in [0.4, 0.5) is 0 Å². The fraction of sp³-hybridized carbons (Fsp3) is 0.312. The van der Waals surface area contributed by atoms with Crippen molar-refractivity contribution in [1.29, 1.82) is 0 Å². The quantitative estimate of drug-likeness (QED) is 0.379. The molecule has 0 spiro atoms. The zero-order valence-electron chi connectivity index (χ0n) is 20.4. The highest BCUT2D eigenvalue weighted by Gasteiger charge is 2.18. The second kappa shape index (κ2) is 10.8. The molecule has 0 aliphatic carbocycles. The minimum absolute atomic E-state index is 0.213. The van der Waals surface area contributed by atoms with Crippen LogP contribution >= 0.6 is 0 Å². The molecule has 1 aliphatic heterocycles. The van der Waals surface area contributed by atoms with Crippen LogP contribution in [0.5, 0.6) is 0 Å². The molecule has 3 aromatic rings. The van der Waals surface area contributed by atoms with E-state index in [9.17, 15) is 0 Å². The number of nitrogens with zero attached hydrogens (tertiary/aromatic N) is 1. The van der Waals surface area contributed by atoms with Gasteiger partial charge < -0.3 is 4.90 Å². The Kier molecular flexibility index (Phi) is 7.62. The molecule has 1 fully saturated rings. The zero-order valence-corrected chi connectivity index (χ0v) is 20.4. The molecule has 1 nitrogen and oxygen atoms in total. The lowest BCUT2D eigenvalue weighted by Gasteiger charge is -2.30. The van der Waals surface area contributed by atoms with E-state index in [0.29, 0.717) is 0 Å². The van der Waals surface area contributed by atoms with Crippen molar-refractivity contribution in [2.75, 3.05) is 19.6 Å². The number of benzene rings is 3. The molecule has 0 unspecified atom stereocenters. The van der Waals surface area contributed by atoms with Crippen molar-refractivity contribution in [1.82, 2.24) is 4.90 Å². The average Bonchev–Trinajstić information content (AvgIpc) is 2.84. The van der Waals surface area contributed by atoms with E-state index < -0.39 is 0 Å². The van der Waals surface area contributed by atoms with Crippen LogP contribution < -0.4 is 0 Å². The van der Waals surface area contributed by atoms with E-state index >= 15 is 0 Å². The third-order valence-electron chi connectivity index (χ3n) is 6.64. The van der Waals surface area contributed by atoms with Gasteiger partial charge in [0, 0.05) is 19.6 Å². The summed E-state index contributed by atoms with van der Waals surface area (Å²) in [7, 11) is 0. The van der Waals surface area contributed by atoms with Crippen LogP contribution in [0.1, 0.15) is 62.3 Å². The molecule has 1 heterocycles. The van der Waals surface area contributed by atoms with E-state index in [1.165, 1.54) is 27.8 Å². The fourth-order valence-electron chi connectivity index (χ4n) is 4.65. The van der Waals surface area contributed by atoms with Crippen molar-refractivity contribution < 1.29 is 0 Å². The van der Waals surface area contributed by atoms with Gasteiger partial charge in [-0.3, -0.25) is 0 Å². The first-order valence-electron chi connectivity index (χ1n) is 12.3. The van der Waals surface area contributed by atoms with E-state index in [1.54, 1.807) is 5.57 Å². The molecule has 33 heavy (non-hydrogen) atoms. The highest BCUT2D eigenvalue weighted by molar-refractivity contribution is 5.82. The average molecular weight is 436 g/mol. The monoisotopic (exact) mass is 435 g/mol. The van der Waals surface area contributed by atoms with Gasteiger partial charge in [-0.2, -0.15) is 0 Å². The SMILES string of the molecule is CC(C)(C)c1ccc(/C=C\CCN2CCC(=C(c3ccccc3)c3ccccc3)CC2)cc1. The van der Waals surface area contributed by atoms with Crippen molar-refractivity contribution >= 4 is 11.6 Å². The summed E-state index contributed by atoms with van der Waals surface area (Å²) in [6.07, 6.45) is 8.00. The molecule has 4 rings (SSSR count). The van der Waals surface area contributed by atoms with Crippen LogP contribution in [0.25, 0.3) is 11.6 Å². The van der Waals surface area contributed by atoms with Crippen LogP contribution in [-0.2, 0) is 5.41 Å². The molecule has 0 aromatic heterocycles. The maximum atomic E-state index is 2.62. The third kappa shape index (κ3) is 6.33. The molecular formula is C32H37N. The lowest BCUT2D eigenvalue weighted by Crippen LogP contribution is -2.31. The van der Waals surface area contributed by atoms with E-state index in [1.807, 2.05) is 0 Å². The molecule has 1 saturated heterocycles. The van der Waals surface area contributed by atoms with Gasteiger partial charge in [-0.15, -0.1) is 0 Å². The second-order valence-electron chi connectivity index (χ2n) is 10.1. The number of hydrogen-bond acceptors (Lipinski definition) is 1. The maximum absolute atomic E-state index is 2.62. The summed E-state index contributed by atoms with van der Waals surface area (Å²) in [5, 5.41) is 0. The Hall–Kier alpha value is -2.90. The highest BCUT2D eigenvalue weighted by atomic mass is 15.1. The first-order chi connectivity index (χ1) is 16.0. The van der Waals surface area contributed by atoms with Crippen LogP contribution in [0.3, 0.4) is 0 Å². The zero-order chi connectivity index (χ0) is 23.1. The van der Waals surface area contributed by atoms with Gasteiger partial charge in [0.25, 0.3) is 0 Å². The molecule has 1 heteroatoms. The van der Waals surface area contributed by atoms with Gasteiger partial charge in [0.05, 0.1) is 0 Å². The normalized spacial score (nSPS) is 15.2. The van der Waals surface area contributed by atoms with Crippen LogP contribution in [0.2, 0.25) is 0 Å². The minimum atomic E-state index is 0.213. The Balaban J connectivity index is 1.35. The first kappa shape index (κ1) is 23.3. The lowest BCUT2D eigenvalue weighted by atomic mass is 9.87. The van der Waals surface area contributed by atoms with Crippen LogP contribution in [-0.4, -0.2) is 24.5 Å². The molecule has 0 radical (unpaired) electrons. The molecule has 0 saturated carbocycles. The topological polar surface area (TPSA) is 3.24 Å². The smallest absolute Gasteiger partial charge is 0.00192 e. The molecular weight excluding hydrogens is 398 g/mol. The molecule has 0 N–H and O–H groups in total. The van der Waals surface area contributed by atoms with Crippen molar-refractivity contribution in [2.24, 2.45) is 0 Å². The molecule has 0 atom stereocenters. The molecule has 0 bridgehead atoms. The summed E-state index contributed by atoms with van der Waals surface area (Å²) in [4.78, 5) is 2.62. The van der Waals surface area contributed by atoms with E-state index in [-0.39, 0.29) is 5.41 Å².